The van der Waals surface area contributed by atoms with E-state index < -0.39 is 11.7 Å². The summed E-state index contributed by atoms with van der Waals surface area (Å²) in [5, 5.41) is 6.86. The minimum atomic E-state index is -4.49. The van der Waals surface area contributed by atoms with Gasteiger partial charge in [0, 0.05) is 55.3 Å². The number of nitrogen functional groups attached to an aromatic ring is 1. The van der Waals surface area contributed by atoms with Crippen LogP contribution >= 0.6 is 0 Å². The van der Waals surface area contributed by atoms with Crippen molar-refractivity contribution in [1.82, 2.24) is 14.9 Å². The van der Waals surface area contributed by atoms with E-state index >= 15 is 0 Å². The van der Waals surface area contributed by atoms with Crippen LogP contribution in [0.2, 0.25) is 0 Å². The molecule has 11 heteroatoms. The molecule has 0 bridgehead atoms. The fourth-order valence-electron chi connectivity index (χ4n) is 5.00. The molecule has 3 aromatic rings. The summed E-state index contributed by atoms with van der Waals surface area (Å²) in [4.78, 5) is 24.3. The Morgan fingerprint density at radius 3 is 2.53 bits per heavy atom. The lowest BCUT2D eigenvalue weighted by atomic mass is 10.0. The summed E-state index contributed by atoms with van der Waals surface area (Å²) in [6.07, 6.45) is -4.49. The Balaban J connectivity index is 1.45. The third-order valence-electron chi connectivity index (χ3n) is 6.78. The summed E-state index contributed by atoms with van der Waals surface area (Å²) in [5.74, 6) is 1.60. The second-order valence-electron chi connectivity index (χ2n) is 9.37. The van der Waals surface area contributed by atoms with Crippen LogP contribution in [0, 0.1) is 18.8 Å². The Hall–Kier alpha value is -3.60. The summed E-state index contributed by atoms with van der Waals surface area (Å²) in [6.45, 7) is 4.50. The standard InChI is InChI=1S/C25H27F3N6O2/c1-13-32-22-7-20(24(35)34-9-15-11-36-12-16(15)10-34)21(30-2)6-19(22)23(33-13)31-8-14-3-17(25(26,27)28)5-18(29)4-14/h3-7,15-16,30H,8-12,29H2,1-2H3,(H,31,32,33). The van der Waals surface area contributed by atoms with Crippen LogP contribution in [-0.2, 0) is 17.5 Å². The predicted octanol–water partition coefficient (Wildman–Crippen LogP) is 3.91. The summed E-state index contributed by atoms with van der Waals surface area (Å²) < 4.78 is 45.1. The Morgan fingerprint density at radius 2 is 1.86 bits per heavy atom. The van der Waals surface area contributed by atoms with Crippen molar-refractivity contribution in [2.24, 2.45) is 11.8 Å². The minimum absolute atomic E-state index is 0.0311. The lowest BCUT2D eigenvalue weighted by molar-refractivity contribution is -0.137. The largest absolute Gasteiger partial charge is 0.416 e. The second kappa shape index (κ2) is 9.12. The molecular weight excluding hydrogens is 473 g/mol. The molecule has 1 amide bonds. The van der Waals surface area contributed by atoms with Gasteiger partial charge >= 0.3 is 6.18 Å². The number of carbonyl (C=O) groups excluding carboxylic acids is 1. The zero-order valence-corrected chi connectivity index (χ0v) is 19.9. The number of carbonyl (C=O) groups is 1. The van der Waals surface area contributed by atoms with Crippen molar-refractivity contribution >= 4 is 34.0 Å². The third-order valence-corrected chi connectivity index (χ3v) is 6.78. The number of hydrogen-bond acceptors (Lipinski definition) is 7. The van der Waals surface area contributed by atoms with E-state index in [1.807, 2.05) is 4.90 Å². The number of ether oxygens (including phenoxy) is 1. The van der Waals surface area contributed by atoms with Crippen LogP contribution in [0.4, 0.5) is 30.4 Å². The van der Waals surface area contributed by atoms with Gasteiger partial charge in [0.15, 0.2) is 0 Å². The monoisotopic (exact) mass is 500 g/mol. The van der Waals surface area contributed by atoms with E-state index in [1.165, 1.54) is 6.07 Å². The first kappa shape index (κ1) is 24.1. The van der Waals surface area contributed by atoms with Gasteiger partial charge in [-0.3, -0.25) is 4.79 Å². The molecule has 2 aliphatic heterocycles. The number of nitrogens with one attached hydrogen (secondary N) is 2. The maximum atomic E-state index is 13.4. The van der Waals surface area contributed by atoms with Crippen LogP contribution in [0.1, 0.15) is 27.3 Å². The van der Waals surface area contributed by atoms with Crippen molar-refractivity contribution in [2.75, 3.05) is 49.7 Å². The number of halogens is 3. The number of anilines is 3. The first-order valence-electron chi connectivity index (χ1n) is 11.7. The molecule has 0 spiro atoms. The molecule has 2 aromatic carbocycles. The summed E-state index contributed by atoms with van der Waals surface area (Å²) in [7, 11) is 1.73. The van der Waals surface area contributed by atoms with Crippen LogP contribution in [0.15, 0.2) is 30.3 Å². The van der Waals surface area contributed by atoms with Gasteiger partial charge in [0.1, 0.15) is 11.6 Å². The highest BCUT2D eigenvalue weighted by atomic mass is 19.4. The van der Waals surface area contributed by atoms with E-state index in [0.29, 0.717) is 77.5 Å². The SMILES string of the molecule is CNc1cc2c(NCc3cc(N)cc(C(F)(F)F)c3)nc(C)nc2cc1C(=O)N1CC2COCC2C1. The zero-order chi connectivity index (χ0) is 25.6. The highest BCUT2D eigenvalue weighted by Gasteiger charge is 2.39. The van der Waals surface area contributed by atoms with Crippen LogP contribution in [0.25, 0.3) is 10.9 Å². The first-order valence-corrected chi connectivity index (χ1v) is 11.7. The van der Waals surface area contributed by atoms with Gasteiger partial charge in [-0.15, -0.1) is 0 Å². The van der Waals surface area contributed by atoms with Crippen LogP contribution in [0.5, 0.6) is 0 Å². The fourth-order valence-corrected chi connectivity index (χ4v) is 5.00. The Morgan fingerprint density at radius 1 is 1.14 bits per heavy atom. The third kappa shape index (κ3) is 4.62. The van der Waals surface area contributed by atoms with Crippen molar-refractivity contribution in [1.29, 1.82) is 0 Å². The number of aryl methyl sites for hydroxylation is 1. The van der Waals surface area contributed by atoms with Crippen molar-refractivity contribution in [3.8, 4) is 0 Å². The van der Waals surface area contributed by atoms with Crippen molar-refractivity contribution in [2.45, 2.75) is 19.6 Å². The molecule has 0 radical (unpaired) electrons. The molecule has 2 fully saturated rings. The number of likely N-dealkylation sites (tertiary alicyclic amines) is 1. The number of amides is 1. The molecular formula is C25H27F3N6O2. The quantitative estimate of drug-likeness (QED) is 0.456. The molecule has 0 aliphatic carbocycles. The van der Waals surface area contributed by atoms with Gasteiger partial charge in [0.25, 0.3) is 5.91 Å². The maximum absolute atomic E-state index is 13.4. The number of nitrogens with two attached hydrogens (primary N) is 1. The first-order chi connectivity index (χ1) is 17.1. The molecule has 1 aromatic heterocycles. The van der Waals surface area contributed by atoms with Crippen LogP contribution in [0.3, 0.4) is 0 Å². The Labute approximate surface area is 206 Å². The molecule has 190 valence electrons. The normalized spacial score (nSPS) is 19.5. The van der Waals surface area contributed by atoms with Gasteiger partial charge in [0.2, 0.25) is 0 Å². The second-order valence-corrected chi connectivity index (χ2v) is 9.37. The van der Waals surface area contributed by atoms with Crippen LogP contribution in [-0.4, -0.2) is 54.1 Å². The fraction of sp³-hybridized carbons (Fsp3) is 0.400. The van der Waals surface area contributed by atoms with Crippen molar-refractivity contribution in [3.05, 3.63) is 52.8 Å². The summed E-state index contributed by atoms with van der Waals surface area (Å²) >= 11 is 0. The summed E-state index contributed by atoms with van der Waals surface area (Å²) in [6, 6.07) is 7.00. The molecule has 5 rings (SSSR count). The maximum Gasteiger partial charge on any atom is 0.416 e. The van der Waals surface area contributed by atoms with Crippen molar-refractivity contribution in [3.63, 3.8) is 0 Å². The predicted molar refractivity (Wildman–Crippen MR) is 131 cm³/mol. The molecule has 36 heavy (non-hydrogen) atoms. The summed E-state index contributed by atoms with van der Waals surface area (Å²) in [5.41, 5.74) is 7.00. The molecule has 2 unspecified atom stereocenters. The van der Waals surface area contributed by atoms with E-state index in [1.54, 1.807) is 26.1 Å². The number of aromatic nitrogens is 2. The van der Waals surface area contributed by atoms with E-state index in [0.717, 1.165) is 12.1 Å². The molecule has 2 saturated heterocycles. The molecule has 8 nitrogen and oxygen atoms in total. The van der Waals surface area contributed by atoms with Crippen molar-refractivity contribution < 1.29 is 22.7 Å². The smallest absolute Gasteiger partial charge is 0.399 e. The van der Waals surface area contributed by atoms with E-state index in [9.17, 15) is 18.0 Å². The zero-order valence-electron chi connectivity index (χ0n) is 19.9. The highest BCUT2D eigenvalue weighted by Crippen LogP contribution is 2.34. The van der Waals surface area contributed by atoms with Gasteiger partial charge in [-0.05, 0) is 42.8 Å². The number of alkyl halides is 3. The Bertz CT molecular complexity index is 1320. The molecule has 4 N–H and O–H groups in total. The average molecular weight is 501 g/mol. The lowest BCUT2D eigenvalue weighted by Gasteiger charge is -2.20. The topological polar surface area (TPSA) is 105 Å². The van der Waals surface area contributed by atoms with Gasteiger partial charge in [0.05, 0.1) is 29.9 Å². The molecule has 2 atom stereocenters. The van der Waals surface area contributed by atoms with Gasteiger partial charge in [-0.1, -0.05) is 0 Å². The average Bonchev–Trinajstić information content (AvgIpc) is 3.43. The number of hydrogen-bond donors (Lipinski definition) is 3. The Kier molecular flexibility index (Phi) is 6.11. The van der Waals surface area contributed by atoms with E-state index in [4.69, 9.17) is 10.5 Å². The van der Waals surface area contributed by atoms with Crippen LogP contribution < -0.4 is 16.4 Å². The van der Waals surface area contributed by atoms with Gasteiger partial charge in [-0.2, -0.15) is 13.2 Å². The lowest BCUT2D eigenvalue weighted by Crippen LogP contribution is -2.30. The highest BCUT2D eigenvalue weighted by molar-refractivity contribution is 6.05. The molecule has 3 heterocycles. The number of nitrogens with zero attached hydrogens (tertiary/aromatic N) is 3. The van der Waals surface area contributed by atoms with Gasteiger partial charge < -0.3 is 26.0 Å². The number of benzene rings is 2. The van der Waals surface area contributed by atoms with E-state index in [2.05, 4.69) is 20.6 Å². The number of rotatable bonds is 5. The number of fused-ring (bicyclic) bond motifs is 2. The molecule has 2 aliphatic rings. The minimum Gasteiger partial charge on any atom is -0.399 e. The van der Waals surface area contributed by atoms with Gasteiger partial charge in [-0.25, -0.2) is 9.97 Å². The molecule has 0 saturated carbocycles. The van der Waals surface area contributed by atoms with E-state index in [-0.39, 0.29) is 18.1 Å².